The first-order valence-corrected chi connectivity index (χ1v) is 7.07. The maximum Gasteiger partial charge on any atom is 0.387 e. The van der Waals surface area contributed by atoms with Gasteiger partial charge in [-0.2, -0.15) is 8.78 Å². The van der Waals surface area contributed by atoms with Gasteiger partial charge in [0.05, 0.1) is 7.11 Å². The van der Waals surface area contributed by atoms with Crippen molar-refractivity contribution in [1.29, 1.82) is 0 Å². The molecule has 0 fully saturated rings. The summed E-state index contributed by atoms with van der Waals surface area (Å²) in [7, 11) is 1.34. The summed E-state index contributed by atoms with van der Waals surface area (Å²) in [4.78, 5) is 11.8. The van der Waals surface area contributed by atoms with Crippen molar-refractivity contribution in [3.8, 4) is 17.2 Å². The van der Waals surface area contributed by atoms with Gasteiger partial charge >= 0.3 is 12.6 Å². The average Bonchev–Trinajstić information content (AvgIpc) is 2.53. The van der Waals surface area contributed by atoms with Crippen LogP contribution < -0.4 is 14.2 Å². The summed E-state index contributed by atoms with van der Waals surface area (Å²) < 4.78 is 39.0. The van der Waals surface area contributed by atoms with E-state index in [9.17, 15) is 13.6 Å². The molecule has 4 nitrogen and oxygen atoms in total. The number of hydrogen-bond acceptors (Lipinski definition) is 4. The first kappa shape index (κ1) is 17.5. The summed E-state index contributed by atoms with van der Waals surface area (Å²) in [5.74, 6) is -0.0353. The quantitative estimate of drug-likeness (QED) is 0.451. The number of hydrogen-bond donors (Lipinski definition) is 0. The highest BCUT2D eigenvalue weighted by molar-refractivity contribution is 5.88. The molecule has 0 aromatic heterocycles. The monoisotopic (exact) mass is 334 g/mol. The zero-order valence-electron chi connectivity index (χ0n) is 13.2. The molecule has 0 atom stereocenters. The van der Waals surface area contributed by atoms with Crippen molar-refractivity contribution >= 4 is 12.0 Å². The highest BCUT2D eigenvalue weighted by Gasteiger charge is 2.10. The summed E-state index contributed by atoms with van der Waals surface area (Å²) in [6.45, 7) is -1.05. The molecule has 24 heavy (non-hydrogen) atoms. The number of esters is 1. The van der Waals surface area contributed by atoms with Gasteiger partial charge in [0.15, 0.2) is 11.5 Å². The molecular weight excluding hydrogens is 318 g/mol. The third-order valence-corrected chi connectivity index (χ3v) is 3.02. The minimum absolute atomic E-state index is 0.0769. The number of carbonyl (C=O) groups excluding carboxylic acids is 1. The molecule has 0 aliphatic carbocycles. The van der Waals surface area contributed by atoms with Crippen LogP contribution >= 0.6 is 0 Å². The van der Waals surface area contributed by atoms with Gasteiger partial charge in [0.25, 0.3) is 0 Å². The lowest BCUT2D eigenvalue weighted by atomic mass is 10.2. The number of rotatable bonds is 6. The molecule has 2 aromatic carbocycles. The zero-order valence-corrected chi connectivity index (χ0v) is 13.2. The first-order chi connectivity index (χ1) is 11.5. The number of halogens is 2. The van der Waals surface area contributed by atoms with Crippen LogP contribution in [-0.4, -0.2) is 19.7 Å². The molecule has 0 heterocycles. The molecule has 0 aliphatic heterocycles. The SMILES string of the molecule is COc1cc(/C=C/C(=O)Oc2cccc(C)c2)ccc1OC(F)F. The summed E-state index contributed by atoms with van der Waals surface area (Å²) in [5.41, 5.74) is 1.55. The Morgan fingerprint density at radius 2 is 1.92 bits per heavy atom. The largest absolute Gasteiger partial charge is 0.493 e. The maximum atomic E-state index is 12.3. The summed E-state index contributed by atoms with van der Waals surface area (Å²) >= 11 is 0. The fourth-order valence-electron chi connectivity index (χ4n) is 1.97. The second kappa shape index (κ2) is 8.10. The lowest BCUT2D eigenvalue weighted by molar-refractivity contribution is -0.128. The molecule has 0 saturated carbocycles. The Morgan fingerprint density at radius 3 is 2.58 bits per heavy atom. The molecule has 0 aliphatic rings. The van der Waals surface area contributed by atoms with Crippen LogP contribution in [0.3, 0.4) is 0 Å². The zero-order chi connectivity index (χ0) is 17.5. The Balaban J connectivity index is 2.06. The molecule has 0 amide bonds. The van der Waals surface area contributed by atoms with Gasteiger partial charge in [-0.25, -0.2) is 4.79 Å². The van der Waals surface area contributed by atoms with Gasteiger partial charge < -0.3 is 14.2 Å². The van der Waals surface area contributed by atoms with Crippen molar-refractivity contribution in [1.82, 2.24) is 0 Å². The van der Waals surface area contributed by atoms with Crippen molar-refractivity contribution < 1.29 is 27.8 Å². The summed E-state index contributed by atoms with van der Waals surface area (Å²) in [6, 6.07) is 11.4. The third-order valence-electron chi connectivity index (χ3n) is 3.02. The van der Waals surface area contributed by atoms with Crippen LogP contribution in [0.4, 0.5) is 8.78 Å². The topological polar surface area (TPSA) is 44.8 Å². The molecule has 0 radical (unpaired) electrons. The van der Waals surface area contributed by atoms with E-state index >= 15 is 0 Å². The normalized spacial score (nSPS) is 10.9. The Kier molecular flexibility index (Phi) is 5.89. The standard InChI is InChI=1S/C18H16F2O4/c1-12-4-3-5-14(10-12)23-17(21)9-7-13-6-8-15(24-18(19)20)16(11-13)22-2/h3-11,18H,1-2H3/b9-7+. The lowest BCUT2D eigenvalue weighted by Crippen LogP contribution is -2.04. The smallest absolute Gasteiger partial charge is 0.387 e. The Hall–Kier alpha value is -2.89. The minimum atomic E-state index is -2.94. The van der Waals surface area contributed by atoms with Crippen LogP contribution in [0.25, 0.3) is 6.08 Å². The molecular formula is C18H16F2O4. The van der Waals surface area contributed by atoms with E-state index in [-0.39, 0.29) is 11.5 Å². The Bertz CT molecular complexity index is 742. The van der Waals surface area contributed by atoms with Crippen LogP contribution in [0.2, 0.25) is 0 Å². The van der Waals surface area contributed by atoms with Gasteiger partial charge in [0.2, 0.25) is 0 Å². The fourth-order valence-corrected chi connectivity index (χ4v) is 1.97. The van der Waals surface area contributed by atoms with Crippen LogP contribution in [0.5, 0.6) is 17.2 Å². The number of aryl methyl sites for hydroxylation is 1. The first-order valence-electron chi connectivity index (χ1n) is 7.07. The number of ether oxygens (including phenoxy) is 3. The predicted molar refractivity (Wildman–Crippen MR) is 85.5 cm³/mol. The van der Waals surface area contributed by atoms with Gasteiger partial charge in [0.1, 0.15) is 5.75 Å². The molecule has 0 spiro atoms. The second-order valence-electron chi connectivity index (χ2n) is 4.86. The van der Waals surface area contributed by atoms with Crippen molar-refractivity contribution in [3.63, 3.8) is 0 Å². The van der Waals surface area contributed by atoms with E-state index in [0.717, 1.165) is 5.56 Å². The molecule has 126 valence electrons. The third kappa shape index (κ3) is 5.08. The van der Waals surface area contributed by atoms with Gasteiger partial charge in [-0.05, 0) is 48.4 Å². The van der Waals surface area contributed by atoms with Crippen LogP contribution in [0.15, 0.2) is 48.5 Å². The highest BCUT2D eigenvalue weighted by Crippen LogP contribution is 2.29. The Morgan fingerprint density at radius 1 is 1.12 bits per heavy atom. The van der Waals surface area contributed by atoms with E-state index < -0.39 is 12.6 Å². The number of carbonyl (C=O) groups is 1. The Labute approximate surface area is 138 Å². The van der Waals surface area contributed by atoms with Crippen molar-refractivity contribution in [2.45, 2.75) is 13.5 Å². The maximum absolute atomic E-state index is 12.3. The molecule has 0 saturated heterocycles. The van der Waals surface area contributed by atoms with Crippen molar-refractivity contribution in [3.05, 3.63) is 59.7 Å². The molecule has 6 heteroatoms. The summed E-state index contributed by atoms with van der Waals surface area (Å²) in [6.07, 6.45) is 2.73. The molecule has 2 aromatic rings. The van der Waals surface area contributed by atoms with Crippen LogP contribution in [0.1, 0.15) is 11.1 Å². The molecule has 0 N–H and O–H groups in total. The van der Waals surface area contributed by atoms with Crippen molar-refractivity contribution in [2.75, 3.05) is 7.11 Å². The second-order valence-corrected chi connectivity index (χ2v) is 4.86. The highest BCUT2D eigenvalue weighted by atomic mass is 19.3. The van der Waals surface area contributed by atoms with Crippen LogP contribution in [-0.2, 0) is 4.79 Å². The number of benzene rings is 2. The average molecular weight is 334 g/mol. The van der Waals surface area contributed by atoms with Gasteiger partial charge in [-0.15, -0.1) is 0 Å². The molecule has 0 bridgehead atoms. The van der Waals surface area contributed by atoms with E-state index in [0.29, 0.717) is 11.3 Å². The molecule has 2 rings (SSSR count). The minimum Gasteiger partial charge on any atom is -0.493 e. The van der Waals surface area contributed by atoms with Crippen LogP contribution in [0, 0.1) is 6.92 Å². The predicted octanol–water partition coefficient (Wildman–Crippen LogP) is 4.22. The molecule has 0 unspecified atom stereocenters. The van der Waals surface area contributed by atoms with E-state index in [1.165, 1.54) is 37.5 Å². The lowest BCUT2D eigenvalue weighted by Gasteiger charge is -2.10. The van der Waals surface area contributed by atoms with Gasteiger partial charge in [0, 0.05) is 6.08 Å². The number of methoxy groups -OCH3 is 1. The number of alkyl halides is 2. The van der Waals surface area contributed by atoms with E-state index in [1.807, 2.05) is 13.0 Å². The van der Waals surface area contributed by atoms with E-state index in [4.69, 9.17) is 9.47 Å². The van der Waals surface area contributed by atoms with Gasteiger partial charge in [-0.3, -0.25) is 0 Å². The fraction of sp³-hybridized carbons (Fsp3) is 0.167. The van der Waals surface area contributed by atoms with E-state index in [2.05, 4.69) is 4.74 Å². The van der Waals surface area contributed by atoms with Gasteiger partial charge in [-0.1, -0.05) is 18.2 Å². The van der Waals surface area contributed by atoms with Crippen molar-refractivity contribution in [2.24, 2.45) is 0 Å². The summed E-state index contributed by atoms with van der Waals surface area (Å²) in [5, 5.41) is 0. The van der Waals surface area contributed by atoms with E-state index in [1.54, 1.807) is 18.2 Å².